The lowest BCUT2D eigenvalue weighted by Gasteiger charge is -1.98. The number of rotatable bonds is 2. The lowest BCUT2D eigenvalue weighted by atomic mass is 10.2. The highest BCUT2D eigenvalue weighted by Gasteiger charge is 2.24. The van der Waals surface area contributed by atoms with Crippen molar-refractivity contribution in [3.8, 4) is 0 Å². The lowest BCUT2D eigenvalue weighted by Crippen LogP contribution is -2.05. The molecule has 0 radical (unpaired) electrons. The fourth-order valence-corrected chi connectivity index (χ4v) is 2.40. The maximum absolute atomic E-state index is 13.7. The summed E-state index contributed by atoms with van der Waals surface area (Å²) in [5, 5.41) is 0.570. The van der Waals surface area contributed by atoms with Crippen molar-refractivity contribution in [3.63, 3.8) is 0 Å². The van der Waals surface area contributed by atoms with E-state index in [0.29, 0.717) is 15.1 Å². The van der Waals surface area contributed by atoms with E-state index in [1.807, 2.05) is 0 Å². The van der Waals surface area contributed by atoms with Crippen molar-refractivity contribution in [2.24, 2.45) is 4.99 Å². The molecule has 0 saturated carbocycles. The molecule has 0 aliphatic carbocycles. The number of esters is 1. The molecule has 22 heavy (non-hydrogen) atoms. The Balaban J connectivity index is 1.97. The molecule has 1 aliphatic rings. The molecule has 1 heterocycles. The van der Waals surface area contributed by atoms with Crippen LogP contribution >= 0.6 is 27.5 Å². The maximum atomic E-state index is 13.7. The van der Waals surface area contributed by atoms with Crippen molar-refractivity contribution in [2.45, 2.75) is 0 Å². The second-order valence-electron chi connectivity index (χ2n) is 4.51. The largest absolute Gasteiger partial charge is 0.402 e. The molecule has 0 saturated heterocycles. The van der Waals surface area contributed by atoms with Gasteiger partial charge in [-0.05, 0) is 48.5 Å². The topological polar surface area (TPSA) is 38.7 Å². The summed E-state index contributed by atoms with van der Waals surface area (Å²) in [6.45, 7) is 0. The van der Waals surface area contributed by atoms with Crippen molar-refractivity contribution in [3.05, 3.63) is 74.6 Å². The second kappa shape index (κ2) is 6.02. The lowest BCUT2D eigenvalue weighted by molar-refractivity contribution is -0.129. The molecule has 0 fully saturated rings. The van der Waals surface area contributed by atoms with Crippen molar-refractivity contribution in [1.29, 1.82) is 0 Å². The highest BCUT2D eigenvalue weighted by Crippen LogP contribution is 2.23. The van der Waals surface area contributed by atoms with Gasteiger partial charge in [0.25, 0.3) is 0 Å². The van der Waals surface area contributed by atoms with Gasteiger partial charge in [-0.3, -0.25) is 0 Å². The van der Waals surface area contributed by atoms with Crippen LogP contribution < -0.4 is 0 Å². The second-order valence-corrected chi connectivity index (χ2v) is 5.86. The first-order valence-electron chi connectivity index (χ1n) is 6.26. The van der Waals surface area contributed by atoms with Crippen LogP contribution in [0.2, 0.25) is 5.02 Å². The fourth-order valence-electron chi connectivity index (χ4n) is 1.90. The van der Waals surface area contributed by atoms with Crippen molar-refractivity contribution >= 4 is 45.5 Å². The number of aliphatic imine (C=N–C) groups is 1. The summed E-state index contributed by atoms with van der Waals surface area (Å²) < 4.78 is 19.5. The first-order valence-corrected chi connectivity index (χ1v) is 7.43. The fraction of sp³-hybridized carbons (Fsp3) is 0. The van der Waals surface area contributed by atoms with Gasteiger partial charge in [0.05, 0.1) is 0 Å². The molecular weight excluding hydrogens is 373 g/mol. The van der Waals surface area contributed by atoms with E-state index in [-0.39, 0.29) is 17.2 Å². The molecule has 0 aromatic heterocycles. The van der Waals surface area contributed by atoms with Crippen LogP contribution in [0.3, 0.4) is 0 Å². The van der Waals surface area contributed by atoms with Gasteiger partial charge >= 0.3 is 5.97 Å². The summed E-state index contributed by atoms with van der Waals surface area (Å²) in [4.78, 5) is 16.0. The maximum Gasteiger partial charge on any atom is 0.363 e. The quantitative estimate of drug-likeness (QED) is 0.565. The number of nitrogens with zero attached hydrogens (tertiary/aromatic N) is 1. The van der Waals surface area contributed by atoms with Crippen LogP contribution in [0.25, 0.3) is 6.08 Å². The molecule has 3 nitrogen and oxygen atoms in total. The highest BCUT2D eigenvalue weighted by atomic mass is 79.9. The van der Waals surface area contributed by atoms with Crippen LogP contribution in [0, 0.1) is 5.82 Å². The predicted molar refractivity (Wildman–Crippen MR) is 86.2 cm³/mol. The number of carbonyl (C=O) groups excluding carboxylic acids is 1. The average Bonchev–Trinajstić information content (AvgIpc) is 2.85. The van der Waals surface area contributed by atoms with Crippen molar-refractivity contribution in [1.82, 2.24) is 0 Å². The van der Waals surface area contributed by atoms with Crippen LogP contribution in [-0.4, -0.2) is 11.9 Å². The Hall–Kier alpha value is -1.98. The van der Waals surface area contributed by atoms with Gasteiger partial charge in [-0.15, -0.1) is 0 Å². The smallest absolute Gasteiger partial charge is 0.363 e. The zero-order chi connectivity index (χ0) is 15.7. The number of hydrogen-bond donors (Lipinski definition) is 0. The summed E-state index contributed by atoms with van der Waals surface area (Å²) in [5.41, 5.74) is 0.917. The first kappa shape index (κ1) is 14.9. The number of cyclic esters (lactones) is 1. The molecular formula is C16H8BrClFNO2. The Morgan fingerprint density at radius 1 is 1.18 bits per heavy atom. The van der Waals surface area contributed by atoms with E-state index >= 15 is 0 Å². The van der Waals surface area contributed by atoms with Crippen LogP contribution in [0.15, 0.2) is 57.6 Å². The summed E-state index contributed by atoms with van der Waals surface area (Å²) in [7, 11) is 0. The molecule has 110 valence electrons. The summed E-state index contributed by atoms with van der Waals surface area (Å²) in [6, 6.07) is 11.2. The summed E-state index contributed by atoms with van der Waals surface area (Å²) in [5.74, 6) is -0.897. The molecule has 0 N–H and O–H groups in total. The van der Waals surface area contributed by atoms with Crippen LogP contribution in [0.4, 0.5) is 4.39 Å². The van der Waals surface area contributed by atoms with E-state index in [9.17, 15) is 9.18 Å². The zero-order valence-electron chi connectivity index (χ0n) is 11.0. The van der Waals surface area contributed by atoms with Gasteiger partial charge in [0.2, 0.25) is 5.90 Å². The average molecular weight is 381 g/mol. The zero-order valence-corrected chi connectivity index (χ0v) is 13.4. The van der Waals surface area contributed by atoms with Crippen LogP contribution in [0.1, 0.15) is 11.1 Å². The molecule has 0 atom stereocenters. The van der Waals surface area contributed by atoms with Gasteiger partial charge < -0.3 is 4.74 Å². The number of carbonyl (C=O) groups is 1. The van der Waals surface area contributed by atoms with Gasteiger partial charge in [0, 0.05) is 20.6 Å². The summed E-state index contributed by atoms with van der Waals surface area (Å²) >= 11 is 9.07. The van der Waals surface area contributed by atoms with E-state index in [4.69, 9.17) is 16.3 Å². The summed E-state index contributed by atoms with van der Waals surface area (Å²) in [6.07, 6.45) is 1.35. The Morgan fingerprint density at radius 2 is 1.91 bits per heavy atom. The molecule has 1 aliphatic heterocycles. The third kappa shape index (κ3) is 3.10. The molecule has 0 bridgehead atoms. The number of benzene rings is 2. The normalized spacial score (nSPS) is 15.9. The Kier molecular flexibility index (Phi) is 4.09. The van der Waals surface area contributed by atoms with E-state index in [1.165, 1.54) is 12.1 Å². The van der Waals surface area contributed by atoms with Gasteiger partial charge in [0.1, 0.15) is 5.82 Å². The number of ether oxygens (including phenoxy) is 1. The molecule has 6 heteroatoms. The molecule has 0 spiro atoms. The van der Waals surface area contributed by atoms with Crippen molar-refractivity contribution < 1.29 is 13.9 Å². The van der Waals surface area contributed by atoms with E-state index in [1.54, 1.807) is 36.4 Å². The number of halogens is 3. The number of hydrogen-bond acceptors (Lipinski definition) is 3. The van der Waals surface area contributed by atoms with E-state index in [2.05, 4.69) is 20.9 Å². The van der Waals surface area contributed by atoms with Crippen LogP contribution in [-0.2, 0) is 9.53 Å². The van der Waals surface area contributed by atoms with Gasteiger partial charge in [-0.2, -0.15) is 0 Å². The van der Waals surface area contributed by atoms with Crippen molar-refractivity contribution in [2.75, 3.05) is 0 Å². The third-order valence-electron chi connectivity index (χ3n) is 2.96. The van der Waals surface area contributed by atoms with Crippen LogP contribution in [0.5, 0.6) is 0 Å². The molecule has 2 aromatic carbocycles. The van der Waals surface area contributed by atoms with Gasteiger partial charge in [-0.25, -0.2) is 14.2 Å². The Morgan fingerprint density at radius 3 is 2.64 bits per heavy atom. The van der Waals surface area contributed by atoms with Gasteiger partial charge in [-0.1, -0.05) is 27.5 Å². The Labute approximate surface area is 139 Å². The Bertz CT molecular complexity index is 815. The minimum atomic E-state index is -0.621. The predicted octanol–water partition coefficient (Wildman–Crippen LogP) is 4.59. The van der Waals surface area contributed by atoms with Gasteiger partial charge in [0.15, 0.2) is 5.70 Å². The van der Waals surface area contributed by atoms with E-state index < -0.39 is 11.8 Å². The highest BCUT2D eigenvalue weighted by molar-refractivity contribution is 9.10. The molecule has 0 amide bonds. The molecule has 0 unspecified atom stereocenters. The molecule has 2 aromatic rings. The van der Waals surface area contributed by atoms with E-state index in [0.717, 1.165) is 0 Å². The third-order valence-corrected chi connectivity index (χ3v) is 3.71. The standard InChI is InChI=1S/C16H8BrClFNO2/c17-11-3-6-13(19)10(7-11)8-14-16(21)22-15(20-14)9-1-4-12(18)5-2-9/h1-8H. The minimum absolute atomic E-state index is 0.0435. The monoisotopic (exact) mass is 379 g/mol. The molecule has 3 rings (SSSR count). The first-order chi connectivity index (χ1) is 10.5. The minimum Gasteiger partial charge on any atom is -0.402 e. The SMILES string of the molecule is O=C1OC(c2ccc(Cl)cc2)=NC1=Cc1cc(Br)ccc1F.